The van der Waals surface area contributed by atoms with E-state index in [1.54, 1.807) is 12.1 Å². The van der Waals surface area contributed by atoms with Crippen LogP contribution in [0.5, 0.6) is 5.75 Å². The van der Waals surface area contributed by atoms with Crippen LogP contribution in [0.4, 0.5) is 13.2 Å². The summed E-state index contributed by atoms with van der Waals surface area (Å²) in [5.41, 5.74) is 0.766. The molecular formula is C14H18Br2ClF3N2O. The van der Waals surface area contributed by atoms with Crippen LogP contribution in [0, 0.1) is 0 Å². The lowest BCUT2D eigenvalue weighted by Gasteiger charge is -2.35. The number of nitrogens with one attached hydrogen (secondary N) is 1. The molecular weight excluding hydrogens is 464 g/mol. The van der Waals surface area contributed by atoms with E-state index >= 15 is 0 Å². The first-order chi connectivity index (χ1) is 10.3. The van der Waals surface area contributed by atoms with Crippen LogP contribution in [-0.4, -0.2) is 42.4 Å². The summed E-state index contributed by atoms with van der Waals surface area (Å²) in [6.45, 7) is 2.95. The fraction of sp³-hybridized carbons (Fsp3) is 0.571. The summed E-state index contributed by atoms with van der Waals surface area (Å²) in [5.74, 6) is 0.0543. The summed E-state index contributed by atoms with van der Waals surface area (Å²) in [6, 6.07) is 3.07. The standard InChI is InChI=1S/C14H17Br2F3N2O.ClH/c15-10-7-9(8-11(16)13(10)22)12(1-2-14(17,18)19)21-5-3-20-4-6-21;/h7-8,12,20,22H,1-6H2;1H/t12-;/m1./s1. The van der Waals surface area contributed by atoms with Gasteiger partial charge in [-0.05, 0) is 56.0 Å². The average Bonchev–Trinajstić information content (AvgIpc) is 2.45. The number of rotatable bonds is 4. The van der Waals surface area contributed by atoms with E-state index < -0.39 is 12.6 Å². The van der Waals surface area contributed by atoms with Crippen molar-refractivity contribution >= 4 is 44.3 Å². The van der Waals surface area contributed by atoms with E-state index in [0.29, 0.717) is 22.0 Å². The third kappa shape index (κ3) is 6.08. The molecule has 2 rings (SSSR count). The smallest absolute Gasteiger partial charge is 0.389 e. The van der Waals surface area contributed by atoms with Gasteiger partial charge in [-0.15, -0.1) is 12.4 Å². The molecule has 132 valence electrons. The first-order valence-corrected chi connectivity index (χ1v) is 8.56. The maximum absolute atomic E-state index is 12.6. The fourth-order valence-electron chi connectivity index (χ4n) is 2.63. The first kappa shape index (κ1) is 21.0. The van der Waals surface area contributed by atoms with Crippen molar-refractivity contribution in [2.24, 2.45) is 0 Å². The van der Waals surface area contributed by atoms with Crippen LogP contribution in [0.15, 0.2) is 21.1 Å². The second kappa shape index (κ2) is 8.89. The Balaban J connectivity index is 0.00000264. The molecule has 0 unspecified atom stereocenters. The summed E-state index contributed by atoms with van der Waals surface area (Å²) >= 11 is 6.49. The monoisotopic (exact) mass is 480 g/mol. The normalized spacial score (nSPS) is 17.6. The maximum atomic E-state index is 12.6. The second-order valence-corrected chi connectivity index (χ2v) is 7.00. The highest BCUT2D eigenvalue weighted by molar-refractivity contribution is 9.11. The Morgan fingerprint density at radius 3 is 2.17 bits per heavy atom. The summed E-state index contributed by atoms with van der Waals surface area (Å²) in [7, 11) is 0. The fourth-order valence-corrected chi connectivity index (χ4v) is 3.85. The van der Waals surface area contributed by atoms with Gasteiger partial charge in [0.2, 0.25) is 0 Å². The zero-order valence-corrected chi connectivity index (χ0v) is 16.2. The average molecular weight is 483 g/mol. The van der Waals surface area contributed by atoms with Gasteiger partial charge in [0.05, 0.1) is 8.95 Å². The summed E-state index contributed by atoms with van der Waals surface area (Å²) in [6.07, 6.45) is -4.98. The van der Waals surface area contributed by atoms with Gasteiger partial charge in [-0.25, -0.2) is 0 Å². The molecule has 2 N–H and O–H groups in total. The zero-order chi connectivity index (χ0) is 16.3. The minimum absolute atomic E-state index is 0. The Morgan fingerprint density at radius 1 is 1.17 bits per heavy atom. The van der Waals surface area contributed by atoms with Crippen molar-refractivity contribution in [3.63, 3.8) is 0 Å². The van der Waals surface area contributed by atoms with Gasteiger partial charge in [-0.2, -0.15) is 13.2 Å². The van der Waals surface area contributed by atoms with Gasteiger partial charge in [0.15, 0.2) is 0 Å². The van der Waals surface area contributed by atoms with Crippen molar-refractivity contribution in [2.75, 3.05) is 26.2 Å². The predicted octanol–water partition coefficient (Wildman–Crippen LogP) is 4.63. The van der Waals surface area contributed by atoms with Crippen molar-refractivity contribution in [3.8, 4) is 5.75 Å². The number of nitrogens with zero attached hydrogens (tertiary/aromatic N) is 1. The lowest BCUT2D eigenvalue weighted by Crippen LogP contribution is -2.45. The van der Waals surface area contributed by atoms with Crippen molar-refractivity contribution < 1.29 is 18.3 Å². The van der Waals surface area contributed by atoms with E-state index in [1.807, 2.05) is 0 Å². The molecule has 23 heavy (non-hydrogen) atoms. The van der Waals surface area contributed by atoms with Crippen molar-refractivity contribution in [3.05, 3.63) is 26.6 Å². The Hall–Kier alpha value is -0.0200. The van der Waals surface area contributed by atoms with E-state index in [2.05, 4.69) is 42.1 Å². The van der Waals surface area contributed by atoms with E-state index in [1.165, 1.54) is 0 Å². The Bertz CT molecular complexity index is 502. The summed E-state index contributed by atoms with van der Waals surface area (Å²) < 4.78 is 38.8. The number of halogens is 6. The quantitative estimate of drug-likeness (QED) is 0.657. The highest BCUT2D eigenvalue weighted by Gasteiger charge is 2.31. The number of alkyl halides is 3. The summed E-state index contributed by atoms with van der Waals surface area (Å²) in [5, 5.41) is 13.0. The molecule has 1 fully saturated rings. The molecule has 0 bridgehead atoms. The van der Waals surface area contributed by atoms with Gasteiger partial charge in [0, 0.05) is 38.6 Å². The van der Waals surface area contributed by atoms with Crippen LogP contribution in [0.1, 0.15) is 24.4 Å². The lowest BCUT2D eigenvalue weighted by molar-refractivity contribution is -0.138. The number of phenolic OH excluding ortho intramolecular Hbond substituents is 1. The molecule has 0 spiro atoms. The summed E-state index contributed by atoms with van der Waals surface area (Å²) in [4.78, 5) is 2.06. The van der Waals surface area contributed by atoms with Gasteiger partial charge in [-0.3, -0.25) is 4.90 Å². The third-order valence-corrected chi connectivity index (χ3v) is 4.93. The van der Waals surface area contributed by atoms with Crippen molar-refractivity contribution in [2.45, 2.75) is 25.1 Å². The molecule has 1 heterocycles. The molecule has 1 atom stereocenters. The van der Waals surface area contributed by atoms with Gasteiger partial charge in [0.1, 0.15) is 5.75 Å². The minimum atomic E-state index is -4.17. The molecule has 1 aliphatic heterocycles. The number of hydrogen-bond acceptors (Lipinski definition) is 3. The Morgan fingerprint density at radius 2 is 1.70 bits per heavy atom. The highest BCUT2D eigenvalue weighted by Crippen LogP contribution is 2.39. The molecule has 1 saturated heterocycles. The largest absolute Gasteiger partial charge is 0.506 e. The van der Waals surface area contributed by atoms with Crippen LogP contribution < -0.4 is 5.32 Å². The first-order valence-electron chi connectivity index (χ1n) is 6.97. The van der Waals surface area contributed by atoms with Crippen molar-refractivity contribution in [1.82, 2.24) is 10.2 Å². The molecule has 1 aromatic rings. The van der Waals surface area contributed by atoms with Crippen LogP contribution >= 0.6 is 44.3 Å². The minimum Gasteiger partial charge on any atom is -0.506 e. The zero-order valence-electron chi connectivity index (χ0n) is 12.2. The number of benzene rings is 1. The molecule has 0 aromatic heterocycles. The molecule has 0 amide bonds. The third-order valence-electron chi connectivity index (χ3n) is 3.72. The van der Waals surface area contributed by atoms with Crippen LogP contribution in [0.25, 0.3) is 0 Å². The van der Waals surface area contributed by atoms with Crippen LogP contribution in [0.3, 0.4) is 0 Å². The molecule has 0 aliphatic carbocycles. The number of aromatic hydroxyl groups is 1. The molecule has 9 heteroatoms. The Kier molecular flexibility index (Phi) is 8.13. The second-order valence-electron chi connectivity index (χ2n) is 5.29. The molecule has 0 radical (unpaired) electrons. The lowest BCUT2D eigenvalue weighted by atomic mass is 9.99. The molecule has 3 nitrogen and oxygen atoms in total. The highest BCUT2D eigenvalue weighted by atomic mass is 79.9. The van der Waals surface area contributed by atoms with Gasteiger partial charge in [0.25, 0.3) is 0 Å². The number of piperazine rings is 1. The molecule has 1 aliphatic rings. The van der Waals surface area contributed by atoms with Gasteiger partial charge >= 0.3 is 6.18 Å². The van der Waals surface area contributed by atoms with E-state index in [-0.39, 0.29) is 30.6 Å². The number of hydrogen-bond donors (Lipinski definition) is 2. The molecule has 0 saturated carbocycles. The topological polar surface area (TPSA) is 35.5 Å². The Labute approximate surface area is 156 Å². The van der Waals surface area contributed by atoms with E-state index in [0.717, 1.165) is 18.7 Å². The maximum Gasteiger partial charge on any atom is 0.389 e. The SMILES string of the molecule is Cl.Oc1c(Br)cc([C@@H](CCC(F)(F)F)N2CCNCC2)cc1Br. The van der Waals surface area contributed by atoms with Crippen LogP contribution in [0.2, 0.25) is 0 Å². The van der Waals surface area contributed by atoms with Crippen LogP contribution in [-0.2, 0) is 0 Å². The predicted molar refractivity (Wildman–Crippen MR) is 93.2 cm³/mol. The van der Waals surface area contributed by atoms with Gasteiger partial charge < -0.3 is 10.4 Å². The molecule has 1 aromatic carbocycles. The van der Waals surface area contributed by atoms with Gasteiger partial charge in [-0.1, -0.05) is 0 Å². The number of phenols is 1. The van der Waals surface area contributed by atoms with Crippen molar-refractivity contribution in [1.29, 1.82) is 0 Å². The van der Waals surface area contributed by atoms with E-state index in [4.69, 9.17) is 0 Å². The van der Waals surface area contributed by atoms with E-state index in [9.17, 15) is 18.3 Å².